The van der Waals surface area contributed by atoms with E-state index >= 15 is 0 Å². The van der Waals surface area contributed by atoms with Crippen LogP contribution in [-0.2, 0) is 9.79 Å². The van der Waals surface area contributed by atoms with Gasteiger partial charge in [-0.25, -0.2) is 10.0 Å². The van der Waals surface area contributed by atoms with Gasteiger partial charge in [-0.3, -0.25) is 4.79 Å². The highest BCUT2D eigenvalue weighted by Crippen LogP contribution is 2.55. The molecule has 0 bridgehead atoms. The minimum Gasteiger partial charge on any atom is -0.292 e. The molecule has 7 heteroatoms. The van der Waals surface area contributed by atoms with Crippen LogP contribution in [0.1, 0.15) is 23.6 Å². The largest absolute Gasteiger partial charge is 0.292 e. The minimum absolute atomic E-state index is 0.108. The van der Waals surface area contributed by atoms with Crippen LogP contribution in [0.4, 0.5) is 11.4 Å². The van der Waals surface area contributed by atoms with Gasteiger partial charge < -0.3 is 0 Å². The number of fused-ring (bicyclic) bond motifs is 3. The fourth-order valence-corrected chi connectivity index (χ4v) is 6.86. The number of Topliss-reactive ketones (excluding diaryl/α,β-unsaturated/α-hetero) is 1. The Labute approximate surface area is 241 Å². The van der Waals surface area contributed by atoms with Gasteiger partial charge in [-0.05, 0) is 52.9 Å². The molecule has 40 heavy (non-hydrogen) atoms. The zero-order valence-corrected chi connectivity index (χ0v) is 23.1. The molecule has 5 aromatic rings. The Balaban J connectivity index is 1.56. The molecule has 1 atom stereocenters. The lowest BCUT2D eigenvalue weighted by atomic mass is 9.91. The summed E-state index contributed by atoms with van der Waals surface area (Å²) >= 11 is 7.87. The van der Waals surface area contributed by atoms with Gasteiger partial charge >= 0.3 is 0 Å². The highest BCUT2D eigenvalue weighted by molar-refractivity contribution is 8.17. The predicted octanol–water partition coefficient (Wildman–Crippen LogP) is 8.03. The summed E-state index contributed by atoms with van der Waals surface area (Å²) in [6, 6.07) is 40.5. The van der Waals surface area contributed by atoms with Gasteiger partial charge in [-0.15, -0.1) is 0 Å². The molecule has 0 N–H and O–H groups in total. The molecule has 0 fully saturated rings. The molecule has 2 heterocycles. The van der Waals surface area contributed by atoms with Crippen molar-refractivity contribution in [2.75, 3.05) is 10.0 Å². The van der Waals surface area contributed by atoms with Crippen molar-refractivity contribution < 1.29 is 4.79 Å². The Kier molecular flexibility index (Phi) is 5.95. The van der Waals surface area contributed by atoms with Gasteiger partial charge in [0.25, 0.3) is 0 Å². The van der Waals surface area contributed by atoms with Crippen molar-refractivity contribution in [2.24, 2.45) is 10.2 Å². The number of thioether (sulfide) groups is 1. The summed E-state index contributed by atoms with van der Waals surface area (Å²) in [5, 5.41) is 17.4. The maximum atomic E-state index is 12.8. The maximum absolute atomic E-state index is 12.8. The fourth-order valence-electron chi connectivity index (χ4n) is 5.38. The van der Waals surface area contributed by atoms with Gasteiger partial charge in [0.1, 0.15) is 0 Å². The Morgan fingerprint density at radius 3 is 2.20 bits per heavy atom. The van der Waals surface area contributed by atoms with Crippen LogP contribution in [0, 0.1) is 0 Å². The van der Waals surface area contributed by atoms with Crippen molar-refractivity contribution >= 4 is 62.0 Å². The summed E-state index contributed by atoms with van der Waals surface area (Å²) in [5.41, 5.74) is 5.47. The first-order valence-corrected chi connectivity index (χ1v) is 14.1. The van der Waals surface area contributed by atoms with Gasteiger partial charge in [0.05, 0.1) is 17.1 Å². The van der Waals surface area contributed by atoms with Gasteiger partial charge in [-0.2, -0.15) is 10.2 Å². The quantitative estimate of drug-likeness (QED) is 0.224. The first kappa shape index (κ1) is 24.6. The average Bonchev–Trinajstić information content (AvgIpc) is 3.39. The molecule has 0 saturated carbocycles. The number of benzene rings is 5. The number of para-hydroxylation sites is 1. The molecule has 194 valence electrons. The molecule has 5 aromatic carbocycles. The lowest BCUT2D eigenvalue weighted by Gasteiger charge is -2.47. The fraction of sp³-hybridized carbons (Fsp3) is 0.0606. The van der Waals surface area contributed by atoms with E-state index in [9.17, 15) is 4.79 Å². The molecule has 0 radical (unpaired) electrons. The van der Waals surface area contributed by atoms with Crippen molar-refractivity contribution in [2.45, 2.75) is 11.9 Å². The van der Waals surface area contributed by atoms with Crippen LogP contribution in [-0.4, -0.2) is 16.5 Å². The van der Waals surface area contributed by atoms with E-state index < -0.39 is 4.99 Å². The van der Waals surface area contributed by atoms with Crippen molar-refractivity contribution in [3.63, 3.8) is 0 Å². The number of rotatable bonds is 4. The van der Waals surface area contributed by atoms with Crippen molar-refractivity contribution in [1.29, 1.82) is 0 Å². The Hall–Kier alpha value is -4.39. The van der Waals surface area contributed by atoms with Crippen LogP contribution in [0.25, 0.3) is 10.8 Å². The molecule has 5 nitrogen and oxygen atoms in total. The lowest BCUT2D eigenvalue weighted by molar-refractivity contribution is -0.110. The van der Waals surface area contributed by atoms with E-state index in [1.807, 2.05) is 82.8 Å². The number of nitrogens with zero attached hydrogens (tertiary/aromatic N) is 4. The van der Waals surface area contributed by atoms with E-state index in [4.69, 9.17) is 21.8 Å². The van der Waals surface area contributed by atoms with E-state index in [1.165, 1.54) is 11.8 Å². The molecule has 7 rings (SSSR count). The third-order valence-electron chi connectivity index (χ3n) is 7.14. The molecule has 0 unspecified atom stereocenters. The van der Waals surface area contributed by atoms with Gasteiger partial charge in [0, 0.05) is 28.6 Å². The SMILES string of the molecule is CC(=O)C1=NN(c2cccc(Cl)c2)[C@]2(S1)c1ccccc1C(c1cccc3ccccc13)=NN2c1ccccc1. The van der Waals surface area contributed by atoms with Crippen LogP contribution in [0.3, 0.4) is 0 Å². The first-order valence-electron chi connectivity index (χ1n) is 12.9. The van der Waals surface area contributed by atoms with E-state index in [1.54, 1.807) is 6.92 Å². The highest BCUT2D eigenvalue weighted by Gasteiger charge is 2.56. The summed E-state index contributed by atoms with van der Waals surface area (Å²) in [4.78, 5) is 11.8. The van der Waals surface area contributed by atoms with Crippen molar-refractivity contribution in [3.8, 4) is 0 Å². The van der Waals surface area contributed by atoms with Crippen LogP contribution in [0.2, 0.25) is 5.02 Å². The van der Waals surface area contributed by atoms with E-state index in [0.717, 1.165) is 44.5 Å². The van der Waals surface area contributed by atoms with E-state index in [2.05, 4.69) is 48.5 Å². The van der Waals surface area contributed by atoms with Crippen LogP contribution < -0.4 is 10.0 Å². The topological polar surface area (TPSA) is 48.3 Å². The second-order valence-corrected chi connectivity index (χ2v) is 11.2. The molecular formula is C33H23ClN4OS. The van der Waals surface area contributed by atoms with Crippen molar-refractivity contribution in [3.05, 3.63) is 143 Å². The van der Waals surface area contributed by atoms with Crippen molar-refractivity contribution in [1.82, 2.24) is 0 Å². The molecule has 1 spiro atoms. The average molecular weight is 559 g/mol. The summed E-state index contributed by atoms with van der Waals surface area (Å²) in [6.45, 7) is 1.55. The van der Waals surface area contributed by atoms with Gasteiger partial charge in [0.15, 0.2) is 10.8 Å². The second-order valence-electron chi connectivity index (χ2n) is 9.63. The number of hydrogen-bond donors (Lipinski definition) is 0. The second kappa shape index (κ2) is 9.66. The number of ketones is 1. The zero-order valence-electron chi connectivity index (χ0n) is 21.5. The molecule has 0 aliphatic carbocycles. The maximum Gasteiger partial charge on any atom is 0.234 e. The predicted molar refractivity (Wildman–Crippen MR) is 166 cm³/mol. The third-order valence-corrected chi connectivity index (χ3v) is 8.78. The number of anilines is 2. The van der Waals surface area contributed by atoms with E-state index in [-0.39, 0.29) is 5.78 Å². The standard InChI is InChI=1S/C33H23ClN4OS/c1-22(39)32-36-38(26-16-10-13-24(34)21-26)33(40-32)30-20-8-7-18-29(30)31(35-37(33)25-14-3-2-4-15-25)28-19-9-12-23-11-5-6-17-27(23)28/h2-21H,1H3/t33-/m0/s1. The lowest BCUT2D eigenvalue weighted by Crippen LogP contribution is -2.54. The van der Waals surface area contributed by atoms with Gasteiger partial charge in [-0.1, -0.05) is 103 Å². The smallest absolute Gasteiger partial charge is 0.234 e. The summed E-state index contributed by atoms with van der Waals surface area (Å²) < 4.78 is 0. The third kappa shape index (κ3) is 3.83. The molecule has 2 aliphatic heterocycles. The number of halogens is 1. The number of hydrogen-bond acceptors (Lipinski definition) is 6. The van der Waals surface area contributed by atoms with E-state index in [0.29, 0.717) is 10.1 Å². The molecule has 2 aliphatic rings. The number of carbonyl (C=O) groups excluding carboxylic acids is 1. The molecule has 0 aromatic heterocycles. The normalized spacial score (nSPS) is 18.1. The summed E-state index contributed by atoms with van der Waals surface area (Å²) in [5.74, 6) is -0.108. The highest BCUT2D eigenvalue weighted by atomic mass is 35.5. The van der Waals surface area contributed by atoms with Crippen LogP contribution in [0.5, 0.6) is 0 Å². The van der Waals surface area contributed by atoms with Gasteiger partial charge in [0.2, 0.25) is 4.99 Å². The number of carbonyl (C=O) groups is 1. The Morgan fingerprint density at radius 2 is 1.38 bits per heavy atom. The minimum atomic E-state index is -1.02. The summed E-state index contributed by atoms with van der Waals surface area (Å²) in [6.07, 6.45) is 0. The Morgan fingerprint density at radius 1 is 0.725 bits per heavy atom. The number of hydrazone groups is 2. The van der Waals surface area contributed by atoms with Crippen LogP contribution in [0.15, 0.2) is 132 Å². The monoisotopic (exact) mass is 558 g/mol. The molecule has 0 saturated heterocycles. The first-order chi connectivity index (χ1) is 19.6. The molecular weight excluding hydrogens is 536 g/mol. The zero-order chi connectivity index (χ0) is 27.3. The van der Waals surface area contributed by atoms with Crippen LogP contribution >= 0.6 is 23.4 Å². The molecule has 0 amide bonds. The Bertz CT molecular complexity index is 1850. The summed E-state index contributed by atoms with van der Waals surface area (Å²) in [7, 11) is 0.